The van der Waals surface area contributed by atoms with Crippen LogP contribution in [0.4, 0.5) is 0 Å². The van der Waals surface area contributed by atoms with Crippen molar-refractivity contribution in [3.05, 3.63) is 0 Å². The van der Waals surface area contributed by atoms with Gasteiger partial charge in [0.2, 0.25) is 5.91 Å². The summed E-state index contributed by atoms with van der Waals surface area (Å²) in [6.45, 7) is 0.615. The average Bonchev–Trinajstić information content (AvgIpc) is 2.29. The lowest BCUT2D eigenvalue weighted by Crippen LogP contribution is -2.44. The average molecular weight is 183 g/mol. The standard InChI is InChI=1S/C10H17NO2/c1-11-8-4-2-3-5-9(8)13-7-6-10(11)12/h8-9H,2-7H2,1H3. The normalized spacial score (nSPS) is 35.5. The Hall–Kier alpha value is -0.570. The zero-order valence-corrected chi connectivity index (χ0v) is 8.16. The first-order valence-electron chi connectivity index (χ1n) is 5.16. The molecule has 13 heavy (non-hydrogen) atoms. The molecule has 1 saturated carbocycles. The van der Waals surface area contributed by atoms with Crippen molar-refractivity contribution >= 4 is 5.91 Å². The van der Waals surface area contributed by atoms with Crippen LogP contribution in [0.5, 0.6) is 0 Å². The maximum atomic E-state index is 11.5. The molecule has 2 unspecified atom stereocenters. The Kier molecular flexibility index (Phi) is 2.54. The minimum atomic E-state index is 0.245. The second kappa shape index (κ2) is 3.66. The van der Waals surface area contributed by atoms with Gasteiger partial charge in [-0.1, -0.05) is 12.8 Å². The monoisotopic (exact) mass is 183 g/mol. The molecule has 1 aliphatic heterocycles. The highest BCUT2D eigenvalue weighted by molar-refractivity contribution is 5.76. The fraction of sp³-hybridized carbons (Fsp3) is 0.900. The van der Waals surface area contributed by atoms with E-state index in [1.165, 1.54) is 12.8 Å². The Morgan fingerprint density at radius 2 is 2.15 bits per heavy atom. The van der Waals surface area contributed by atoms with Gasteiger partial charge in [0, 0.05) is 7.05 Å². The number of likely N-dealkylation sites (N-methyl/N-ethyl adjacent to an activating group) is 1. The Morgan fingerprint density at radius 1 is 1.38 bits per heavy atom. The molecule has 2 rings (SSSR count). The van der Waals surface area contributed by atoms with Gasteiger partial charge in [-0.15, -0.1) is 0 Å². The third-order valence-electron chi connectivity index (χ3n) is 3.21. The third kappa shape index (κ3) is 1.70. The molecule has 2 aliphatic rings. The first-order valence-corrected chi connectivity index (χ1v) is 5.16. The molecule has 0 aromatic heterocycles. The van der Waals surface area contributed by atoms with Crippen molar-refractivity contribution in [2.24, 2.45) is 0 Å². The second-order valence-electron chi connectivity index (χ2n) is 4.02. The van der Waals surface area contributed by atoms with E-state index in [2.05, 4.69) is 0 Å². The van der Waals surface area contributed by atoms with Crippen molar-refractivity contribution in [1.29, 1.82) is 0 Å². The molecule has 0 radical (unpaired) electrons. The van der Waals surface area contributed by atoms with Gasteiger partial charge < -0.3 is 9.64 Å². The van der Waals surface area contributed by atoms with Crippen molar-refractivity contribution in [1.82, 2.24) is 4.90 Å². The van der Waals surface area contributed by atoms with Gasteiger partial charge in [0.1, 0.15) is 0 Å². The van der Waals surface area contributed by atoms with Gasteiger partial charge in [-0.05, 0) is 12.8 Å². The van der Waals surface area contributed by atoms with E-state index in [1.807, 2.05) is 11.9 Å². The molecule has 0 bridgehead atoms. The molecular weight excluding hydrogens is 166 g/mol. The van der Waals surface area contributed by atoms with Gasteiger partial charge in [0.25, 0.3) is 0 Å². The summed E-state index contributed by atoms with van der Waals surface area (Å²) < 4.78 is 5.69. The predicted molar refractivity (Wildman–Crippen MR) is 49.4 cm³/mol. The highest BCUT2D eigenvalue weighted by Crippen LogP contribution is 2.27. The van der Waals surface area contributed by atoms with Crippen LogP contribution in [0.25, 0.3) is 0 Å². The van der Waals surface area contributed by atoms with E-state index in [9.17, 15) is 4.79 Å². The van der Waals surface area contributed by atoms with Crippen LogP contribution in [-0.4, -0.2) is 36.6 Å². The van der Waals surface area contributed by atoms with Crippen LogP contribution < -0.4 is 0 Å². The molecule has 74 valence electrons. The van der Waals surface area contributed by atoms with Gasteiger partial charge in [-0.25, -0.2) is 0 Å². The highest BCUT2D eigenvalue weighted by atomic mass is 16.5. The van der Waals surface area contributed by atoms with Crippen molar-refractivity contribution in [2.75, 3.05) is 13.7 Å². The smallest absolute Gasteiger partial charge is 0.224 e. The van der Waals surface area contributed by atoms with E-state index >= 15 is 0 Å². The van der Waals surface area contributed by atoms with Crippen LogP contribution >= 0.6 is 0 Å². The number of nitrogens with zero attached hydrogens (tertiary/aromatic N) is 1. The largest absolute Gasteiger partial charge is 0.376 e. The summed E-state index contributed by atoms with van der Waals surface area (Å²) in [4.78, 5) is 13.4. The molecule has 0 aromatic rings. The van der Waals surface area contributed by atoms with Crippen LogP contribution in [0.15, 0.2) is 0 Å². The van der Waals surface area contributed by atoms with Gasteiger partial charge >= 0.3 is 0 Å². The third-order valence-corrected chi connectivity index (χ3v) is 3.21. The molecule has 3 heteroatoms. The molecule has 1 aliphatic carbocycles. The molecule has 0 N–H and O–H groups in total. The maximum Gasteiger partial charge on any atom is 0.224 e. The van der Waals surface area contributed by atoms with Gasteiger partial charge in [-0.2, -0.15) is 0 Å². The summed E-state index contributed by atoms with van der Waals surface area (Å²) in [5, 5.41) is 0. The molecule has 0 aromatic carbocycles. The minimum Gasteiger partial charge on any atom is -0.376 e. The van der Waals surface area contributed by atoms with E-state index in [0.29, 0.717) is 25.2 Å². The highest BCUT2D eigenvalue weighted by Gasteiger charge is 2.33. The molecule has 1 heterocycles. The van der Waals surface area contributed by atoms with Gasteiger partial charge in [0.05, 0.1) is 25.2 Å². The van der Waals surface area contributed by atoms with E-state index in [-0.39, 0.29) is 5.91 Å². The Morgan fingerprint density at radius 3 is 3.00 bits per heavy atom. The van der Waals surface area contributed by atoms with E-state index in [4.69, 9.17) is 4.74 Å². The predicted octanol–water partition coefficient (Wildman–Crippen LogP) is 1.18. The fourth-order valence-corrected chi connectivity index (χ4v) is 2.37. The summed E-state index contributed by atoms with van der Waals surface area (Å²) in [5.74, 6) is 0.245. The first-order chi connectivity index (χ1) is 6.29. The summed E-state index contributed by atoms with van der Waals surface area (Å²) in [6, 6.07) is 0.351. The lowest BCUT2D eigenvalue weighted by Gasteiger charge is -2.35. The quantitative estimate of drug-likeness (QED) is 0.564. The van der Waals surface area contributed by atoms with Crippen molar-refractivity contribution in [3.63, 3.8) is 0 Å². The number of hydrogen-bond acceptors (Lipinski definition) is 2. The topological polar surface area (TPSA) is 29.5 Å². The Balaban J connectivity index is 2.11. The first kappa shape index (κ1) is 9.00. The van der Waals surface area contributed by atoms with E-state index in [0.717, 1.165) is 12.8 Å². The molecular formula is C10H17NO2. The van der Waals surface area contributed by atoms with Gasteiger partial charge in [-0.3, -0.25) is 4.79 Å². The fourth-order valence-electron chi connectivity index (χ4n) is 2.37. The zero-order valence-electron chi connectivity index (χ0n) is 8.16. The van der Waals surface area contributed by atoms with Crippen LogP contribution in [0.3, 0.4) is 0 Å². The van der Waals surface area contributed by atoms with Crippen LogP contribution in [-0.2, 0) is 9.53 Å². The Bertz CT molecular complexity index is 205. The molecule has 1 saturated heterocycles. The molecule has 3 nitrogen and oxygen atoms in total. The van der Waals surface area contributed by atoms with Crippen molar-refractivity contribution in [2.45, 2.75) is 44.2 Å². The number of ether oxygens (including phenoxy) is 1. The van der Waals surface area contributed by atoms with E-state index in [1.54, 1.807) is 0 Å². The number of amides is 1. The Labute approximate surface area is 79.0 Å². The number of carbonyl (C=O) groups is 1. The van der Waals surface area contributed by atoms with E-state index < -0.39 is 0 Å². The molecule has 2 fully saturated rings. The lowest BCUT2D eigenvalue weighted by molar-refractivity contribution is -0.131. The van der Waals surface area contributed by atoms with Crippen molar-refractivity contribution in [3.8, 4) is 0 Å². The summed E-state index contributed by atoms with van der Waals surface area (Å²) in [6.07, 6.45) is 5.61. The van der Waals surface area contributed by atoms with Crippen LogP contribution in [0.2, 0.25) is 0 Å². The summed E-state index contributed by atoms with van der Waals surface area (Å²) in [5.41, 5.74) is 0. The van der Waals surface area contributed by atoms with Crippen LogP contribution in [0.1, 0.15) is 32.1 Å². The molecule has 0 spiro atoms. The molecule has 1 amide bonds. The van der Waals surface area contributed by atoms with Gasteiger partial charge in [0.15, 0.2) is 0 Å². The summed E-state index contributed by atoms with van der Waals surface area (Å²) in [7, 11) is 1.92. The SMILES string of the molecule is CN1C(=O)CCOC2CCCCC21. The number of hydrogen-bond donors (Lipinski definition) is 0. The van der Waals surface area contributed by atoms with Crippen molar-refractivity contribution < 1.29 is 9.53 Å². The minimum absolute atomic E-state index is 0.245. The second-order valence-corrected chi connectivity index (χ2v) is 4.02. The number of rotatable bonds is 0. The number of fused-ring (bicyclic) bond motifs is 1. The molecule has 2 atom stereocenters. The lowest BCUT2D eigenvalue weighted by atomic mass is 9.91. The zero-order chi connectivity index (χ0) is 9.26. The number of carbonyl (C=O) groups excluding carboxylic acids is 1. The summed E-state index contributed by atoms with van der Waals surface area (Å²) >= 11 is 0. The maximum absolute atomic E-state index is 11.5. The van der Waals surface area contributed by atoms with Crippen LogP contribution in [0, 0.1) is 0 Å².